The van der Waals surface area contributed by atoms with E-state index >= 15 is 0 Å². The van der Waals surface area contributed by atoms with Gasteiger partial charge < -0.3 is 29.7 Å². The topological polar surface area (TPSA) is 173 Å². The molecule has 0 bridgehead atoms. The molecule has 0 spiro atoms. The summed E-state index contributed by atoms with van der Waals surface area (Å²) >= 11 is 6.47. The van der Waals surface area contributed by atoms with Gasteiger partial charge in [0.25, 0.3) is 11.8 Å². The van der Waals surface area contributed by atoms with E-state index in [1.54, 1.807) is 32.6 Å². The summed E-state index contributed by atoms with van der Waals surface area (Å²) in [6, 6.07) is 18.0. The van der Waals surface area contributed by atoms with Crippen LogP contribution in [0.5, 0.6) is 5.75 Å². The van der Waals surface area contributed by atoms with Crippen molar-refractivity contribution in [1.82, 2.24) is 30.2 Å². The van der Waals surface area contributed by atoms with Crippen LogP contribution in [0.25, 0.3) is 0 Å². The average molecular weight is 841 g/mol. The van der Waals surface area contributed by atoms with Crippen LogP contribution in [0.4, 0.5) is 39.3 Å². The van der Waals surface area contributed by atoms with Crippen molar-refractivity contribution >= 4 is 82.3 Å². The molecule has 4 aliphatic rings. The molecule has 5 amide bonds. The van der Waals surface area contributed by atoms with Gasteiger partial charge in [-0.2, -0.15) is 9.99 Å². The molecule has 0 saturated carbocycles. The standard InChI is InChI=1S/C41H46ClN10O6P/c1-58-34-23-28(9-11-32(34)45-40-43-24-31(42)37(47-40)44-33-6-4-5-7-35(33)59(2,3)57)50-20-18-48(19-21-50)25-26-12-15-49(16-13-26)27-8-10-29-30(22-27)39(55)52(38(29)54)51-17-14-36(53)46-41(51)56/h4-11,22-24,26H,12-21,25H2,1-3H3,(H,46,53,56)(H2,43,44,45,47). The predicted octanol–water partition coefficient (Wildman–Crippen LogP) is 5.37. The number of nitrogens with one attached hydrogen (secondary N) is 3. The second-order valence-corrected chi connectivity index (χ2v) is 19.1. The number of ether oxygens (including phenoxy) is 1. The zero-order chi connectivity index (χ0) is 41.4. The van der Waals surface area contributed by atoms with Gasteiger partial charge in [-0.3, -0.25) is 24.6 Å². The molecule has 16 nitrogen and oxygen atoms in total. The zero-order valence-electron chi connectivity index (χ0n) is 33.1. The second-order valence-electron chi connectivity index (χ2n) is 15.5. The number of benzene rings is 3. The number of rotatable bonds is 11. The van der Waals surface area contributed by atoms with E-state index in [-0.39, 0.29) is 24.1 Å². The van der Waals surface area contributed by atoms with E-state index in [4.69, 9.17) is 16.3 Å². The summed E-state index contributed by atoms with van der Waals surface area (Å²) in [5, 5.41) is 11.6. The van der Waals surface area contributed by atoms with Crippen molar-refractivity contribution in [2.24, 2.45) is 5.92 Å². The molecular formula is C41H46ClN10O6P. The molecule has 5 heterocycles. The molecule has 3 saturated heterocycles. The Labute approximate surface area is 347 Å². The summed E-state index contributed by atoms with van der Waals surface area (Å²) in [5.74, 6) is 0.348. The van der Waals surface area contributed by atoms with E-state index in [1.807, 2.05) is 42.5 Å². The van der Waals surface area contributed by atoms with Gasteiger partial charge in [0.15, 0.2) is 5.82 Å². The molecule has 3 N–H and O–H groups in total. The molecule has 18 heteroatoms. The molecule has 3 fully saturated rings. The number of halogens is 1. The lowest BCUT2D eigenvalue weighted by Gasteiger charge is -2.40. The number of carbonyl (C=O) groups is 4. The zero-order valence-corrected chi connectivity index (χ0v) is 34.8. The molecule has 0 unspecified atom stereocenters. The van der Waals surface area contributed by atoms with Crippen LogP contribution in [-0.2, 0) is 9.36 Å². The quantitative estimate of drug-likeness (QED) is 0.130. The fourth-order valence-electron chi connectivity index (χ4n) is 8.10. The molecule has 8 rings (SSSR count). The minimum atomic E-state index is -2.56. The highest BCUT2D eigenvalue weighted by Crippen LogP contribution is 2.39. The highest BCUT2D eigenvalue weighted by molar-refractivity contribution is 7.70. The minimum absolute atomic E-state index is 0.0165. The third-order valence-corrected chi connectivity index (χ3v) is 13.1. The normalized spacial score (nSPS) is 18.0. The SMILES string of the molecule is COc1cc(N2CCN(CC3CCN(c4ccc5c(c4)C(=O)N(N4CCC(=O)NC4=O)C5=O)CC3)CC2)ccc1Nc1ncc(Cl)c(Nc2ccccc2P(C)(C)=O)n1. The monoisotopic (exact) mass is 840 g/mol. The van der Waals surface area contributed by atoms with Crippen LogP contribution in [0.1, 0.15) is 40.0 Å². The number of imide groups is 2. The van der Waals surface area contributed by atoms with Crippen LogP contribution >= 0.6 is 18.7 Å². The number of hydrogen-bond acceptors (Lipinski definition) is 13. The van der Waals surface area contributed by atoms with Gasteiger partial charge in [0, 0.05) is 75.0 Å². The van der Waals surface area contributed by atoms with Crippen LogP contribution in [0, 0.1) is 5.92 Å². The fraction of sp³-hybridized carbons (Fsp3) is 0.366. The van der Waals surface area contributed by atoms with E-state index < -0.39 is 30.9 Å². The number of hydrazine groups is 1. The Morgan fingerprint density at radius 2 is 1.53 bits per heavy atom. The summed E-state index contributed by atoms with van der Waals surface area (Å²) in [6.45, 7) is 9.73. The molecule has 3 aromatic carbocycles. The maximum atomic E-state index is 13.3. The number of anilines is 6. The molecule has 0 radical (unpaired) electrons. The maximum absolute atomic E-state index is 13.3. The highest BCUT2D eigenvalue weighted by atomic mass is 35.5. The van der Waals surface area contributed by atoms with Crippen molar-refractivity contribution in [1.29, 1.82) is 0 Å². The summed E-state index contributed by atoms with van der Waals surface area (Å²) in [4.78, 5) is 66.5. The third kappa shape index (κ3) is 8.43. The third-order valence-electron chi connectivity index (χ3n) is 11.3. The van der Waals surface area contributed by atoms with Gasteiger partial charge in [-0.15, -0.1) is 0 Å². The van der Waals surface area contributed by atoms with Crippen molar-refractivity contribution in [2.45, 2.75) is 19.3 Å². The molecule has 59 heavy (non-hydrogen) atoms. The van der Waals surface area contributed by atoms with E-state index in [1.165, 1.54) is 6.20 Å². The lowest BCUT2D eigenvalue weighted by atomic mass is 9.95. The second kappa shape index (κ2) is 16.5. The number of para-hydroxylation sites is 1. The molecular weight excluding hydrogens is 795 g/mol. The predicted molar refractivity (Wildman–Crippen MR) is 228 cm³/mol. The van der Waals surface area contributed by atoms with Gasteiger partial charge in [0.2, 0.25) is 11.9 Å². The Bertz CT molecular complexity index is 2360. The van der Waals surface area contributed by atoms with E-state index in [0.29, 0.717) is 45.1 Å². The van der Waals surface area contributed by atoms with Gasteiger partial charge >= 0.3 is 6.03 Å². The fourth-order valence-corrected chi connectivity index (χ4v) is 9.39. The van der Waals surface area contributed by atoms with Crippen LogP contribution in [0.3, 0.4) is 0 Å². The summed E-state index contributed by atoms with van der Waals surface area (Å²) < 4.78 is 18.7. The van der Waals surface area contributed by atoms with Gasteiger partial charge in [-0.05, 0) is 74.6 Å². The molecule has 0 atom stereocenters. The molecule has 1 aromatic heterocycles. The number of piperidine rings is 1. The number of carbonyl (C=O) groups excluding carboxylic acids is 4. The summed E-state index contributed by atoms with van der Waals surface area (Å²) in [5.41, 5.74) is 3.84. The van der Waals surface area contributed by atoms with Gasteiger partial charge in [-0.1, -0.05) is 23.7 Å². The van der Waals surface area contributed by atoms with E-state index in [9.17, 15) is 23.7 Å². The molecule has 0 aliphatic carbocycles. The van der Waals surface area contributed by atoms with E-state index in [0.717, 1.165) is 80.0 Å². The Balaban J connectivity index is 0.831. The molecule has 4 aliphatic heterocycles. The number of piperazine rings is 1. The maximum Gasteiger partial charge on any atom is 0.343 e. The van der Waals surface area contributed by atoms with Gasteiger partial charge in [-0.25, -0.2) is 14.8 Å². The molecule has 4 aromatic rings. The Hall–Kier alpha value is -5.70. The minimum Gasteiger partial charge on any atom is -0.494 e. The lowest BCUT2D eigenvalue weighted by Crippen LogP contribution is -2.58. The van der Waals surface area contributed by atoms with Crippen LogP contribution in [0.15, 0.2) is 66.9 Å². The van der Waals surface area contributed by atoms with Gasteiger partial charge in [0.05, 0.1) is 42.4 Å². The Morgan fingerprint density at radius 3 is 2.25 bits per heavy atom. The van der Waals surface area contributed by atoms with Gasteiger partial charge in [0.1, 0.15) is 17.9 Å². The Morgan fingerprint density at radius 1 is 0.831 bits per heavy atom. The van der Waals surface area contributed by atoms with Crippen molar-refractivity contribution < 1.29 is 28.5 Å². The number of amides is 5. The lowest BCUT2D eigenvalue weighted by molar-refractivity contribution is -0.122. The van der Waals surface area contributed by atoms with Crippen molar-refractivity contribution in [3.8, 4) is 5.75 Å². The number of aromatic nitrogens is 2. The largest absolute Gasteiger partial charge is 0.494 e. The number of fused-ring (bicyclic) bond motifs is 1. The summed E-state index contributed by atoms with van der Waals surface area (Å²) in [6.07, 6.45) is 3.55. The number of nitrogens with zero attached hydrogens (tertiary/aromatic N) is 7. The van der Waals surface area contributed by atoms with Crippen molar-refractivity contribution in [2.75, 3.05) is 93.2 Å². The van der Waals surface area contributed by atoms with Crippen LogP contribution in [0.2, 0.25) is 5.02 Å². The smallest absolute Gasteiger partial charge is 0.343 e. The van der Waals surface area contributed by atoms with E-state index in [2.05, 4.69) is 46.7 Å². The average Bonchev–Trinajstić information content (AvgIpc) is 3.47. The van der Waals surface area contributed by atoms with Crippen molar-refractivity contribution in [3.63, 3.8) is 0 Å². The first-order chi connectivity index (χ1) is 28.4. The first kappa shape index (κ1) is 40.1. The number of urea groups is 1. The van der Waals surface area contributed by atoms with Crippen LogP contribution < -0.4 is 35.8 Å². The summed E-state index contributed by atoms with van der Waals surface area (Å²) in [7, 11) is -0.924. The first-order valence-corrected chi connectivity index (χ1v) is 22.6. The first-order valence-electron chi connectivity index (χ1n) is 19.6. The Kier molecular flexibility index (Phi) is 11.2. The number of hydrogen-bond donors (Lipinski definition) is 3. The molecule has 308 valence electrons. The van der Waals surface area contributed by atoms with Crippen LogP contribution in [-0.4, -0.2) is 121 Å². The number of methoxy groups -OCH3 is 1. The highest BCUT2D eigenvalue weighted by Gasteiger charge is 2.43. The van der Waals surface area contributed by atoms with Crippen molar-refractivity contribution in [3.05, 3.63) is 83.0 Å².